The predicted molar refractivity (Wildman–Crippen MR) is 73.9 cm³/mol. The fraction of sp³-hybridized carbons (Fsp3) is 0.429. The van der Waals surface area contributed by atoms with E-state index in [1.807, 2.05) is 37.3 Å². The van der Waals surface area contributed by atoms with Crippen molar-refractivity contribution in [2.24, 2.45) is 0 Å². The van der Waals surface area contributed by atoms with Crippen molar-refractivity contribution in [3.63, 3.8) is 0 Å². The van der Waals surface area contributed by atoms with Gasteiger partial charge in [-0.1, -0.05) is 30.3 Å². The highest BCUT2D eigenvalue weighted by Crippen LogP contribution is 2.10. The van der Waals surface area contributed by atoms with Crippen LogP contribution in [0.2, 0.25) is 0 Å². The lowest BCUT2D eigenvalue weighted by molar-refractivity contribution is -0.139. The van der Waals surface area contributed by atoms with Gasteiger partial charge in [-0.2, -0.15) is 0 Å². The average molecular weight is 280 g/mol. The monoisotopic (exact) mass is 280 g/mol. The summed E-state index contributed by atoms with van der Waals surface area (Å²) in [6.07, 6.45) is 0. The fourth-order valence-electron chi connectivity index (χ4n) is 1.57. The Kier molecular flexibility index (Phi) is 7.31. The van der Waals surface area contributed by atoms with Crippen LogP contribution in [0.3, 0.4) is 0 Å². The molecule has 0 saturated carbocycles. The first kappa shape index (κ1) is 16.1. The number of rotatable bonds is 7. The summed E-state index contributed by atoms with van der Waals surface area (Å²) in [4.78, 5) is 23.2. The van der Waals surface area contributed by atoms with Gasteiger partial charge in [0.15, 0.2) is 0 Å². The third-order valence-corrected chi connectivity index (χ3v) is 2.62. The van der Waals surface area contributed by atoms with Gasteiger partial charge in [0.2, 0.25) is 0 Å². The van der Waals surface area contributed by atoms with E-state index in [1.165, 1.54) is 0 Å². The third kappa shape index (κ3) is 5.81. The third-order valence-electron chi connectivity index (χ3n) is 2.62. The summed E-state index contributed by atoms with van der Waals surface area (Å²) in [5.74, 6) is -1.37. The van der Waals surface area contributed by atoms with Crippen molar-refractivity contribution in [3.8, 4) is 0 Å². The summed E-state index contributed by atoms with van der Waals surface area (Å²) in [7, 11) is 0. The molecule has 0 bridgehead atoms. The van der Waals surface area contributed by atoms with Gasteiger partial charge in [0.25, 0.3) is 0 Å². The van der Waals surface area contributed by atoms with Gasteiger partial charge >= 0.3 is 11.8 Å². The number of ether oxygens (including phenoxy) is 1. The Balaban J connectivity index is 2.29. The van der Waals surface area contributed by atoms with Crippen LogP contribution in [-0.2, 0) is 14.3 Å². The van der Waals surface area contributed by atoms with Gasteiger partial charge in [-0.3, -0.25) is 9.59 Å². The van der Waals surface area contributed by atoms with Gasteiger partial charge in [-0.15, -0.1) is 0 Å². The first-order valence-corrected chi connectivity index (χ1v) is 6.47. The average Bonchev–Trinajstić information content (AvgIpc) is 2.47. The van der Waals surface area contributed by atoms with Crippen LogP contribution >= 0.6 is 0 Å². The molecule has 0 aliphatic rings. The van der Waals surface area contributed by atoms with E-state index in [-0.39, 0.29) is 32.4 Å². The number of aliphatic hydroxyl groups excluding tert-OH is 1. The van der Waals surface area contributed by atoms with Crippen LogP contribution in [0.4, 0.5) is 0 Å². The van der Waals surface area contributed by atoms with E-state index in [9.17, 15) is 9.59 Å². The number of carbonyl (C=O) groups excluding carboxylic acids is 2. The highest BCUT2D eigenvalue weighted by atomic mass is 16.5. The first-order valence-electron chi connectivity index (χ1n) is 6.47. The van der Waals surface area contributed by atoms with E-state index in [0.29, 0.717) is 0 Å². The van der Waals surface area contributed by atoms with Crippen LogP contribution in [0.15, 0.2) is 30.3 Å². The first-order chi connectivity index (χ1) is 9.65. The lowest BCUT2D eigenvalue weighted by Gasteiger charge is -2.14. The fourth-order valence-corrected chi connectivity index (χ4v) is 1.57. The molecule has 0 aromatic heterocycles. The van der Waals surface area contributed by atoms with Crippen LogP contribution in [0, 0.1) is 0 Å². The molecule has 1 aromatic rings. The minimum absolute atomic E-state index is 0.0664. The summed E-state index contributed by atoms with van der Waals surface area (Å²) < 4.78 is 4.97. The molecule has 1 unspecified atom stereocenters. The molecule has 0 saturated heterocycles. The molecular weight excluding hydrogens is 260 g/mol. The largest absolute Gasteiger partial charge is 0.394 e. The highest BCUT2D eigenvalue weighted by molar-refractivity contribution is 6.35. The summed E-state index contributed by atoms with van der Waals surface area (Å²) in [5, 5.41) is 13.6. The van der Waals surface area contributed by atoms with Gasteiger partial charge in [0.05, 0.1) is 25.9 Å². The second-order valence-corrected chi connectivity index (χ2v) is 4.20. The van der Waals surface area contributed by atoms with Gasteiger partial charge < -0.3 is 20.5 Å². The maximum atomic E-state index is 11.6. The van der Waals surface area contributed by atoms with Crippen molar-refractivity contribution in [3.05, 3.63) is 35.9 Å². The van der Waals surface area contributed by atoms with Crippen LogP contribution in [0.5, 0.6) is 0 Å². The lowest BCUT2D eigenvalue weighted by atomic mass is 10.1. The Morgan fingerprint density at radius 1 is 1.20 bits per heavy atom. The number of benzene rings is 1. The summed E-state index contributed by atoms with van der Waals surface area (Å²) >= 11 is 0. The van der Waals surface area contributed by atoms with Crippen molar-refractivity contribution >= 4 is 11.8 Å². The molecule has 0 fully saturated rings. The number of aliphatic hydroxyl groups is 1. The predicted octanol–water partition coefficient (Wildman–Crippen LogP) is -0.0111. The highest BCUT2D eigenvalue weighted by Gasteiger charge is 2.16. The van der Waals surface area contributed by atoms with E-state index in [4.69, 9.17) is 9.84 Å². The smallest absolute Gasteiger partial charge is 0.309 e. The molecule has 0 spiro atoms. The SMILES string of the molecule is CC(NC(=O)C(=O)NCCOCCO)c1ccccc1. The lowest BCUT2D eigenvalue weighted by Crippen LogP contribution is -2.42. The van der Waals surface area contributed by atoms with Crippen LogP contribution in [0.1, 0.15) is 18.5 Å². The van der Waals surface area contributed by atoms with Crippen molar-refractivity contribution < 1.29 is 19.4 Å². The molecule has 2 amide bonds. The molecule has 3 N–H and O–H groups in total. The zero-order valence-corrected chi connectivity index (χ0v) is 11.5. The molecule has 0 aliphatic heterocycles. The molecule has 1 rings (SSSR count). The number of amides is 2. The topological polar surface area (TPSA) is 87.7 Å². The number of hydrogen-bond acceptors (Lipinski definition) is 4. The summed E-state index contributed by atoms with van der Waals surface area (Å²) in [6, 6.07) is 9.15. The zero-order chi connectivity index (χ0) is 14.8. The maximum Gasteiger partial charge on any atom is 0.309 e. The Bertz CT molecular complexity index is 422. The Morgan fingerprint density at radius 3 is 2.55 bits per heavy atom. The van der Waals surface area contributed by atoms with Crippen LogP contribution < -0.4 is 10.6 Å². The van der Waals surface area contributed by atoms with Crippen LogP contribution in [-0.4, -0.2) is 43.3 Å². The van der Waals surface area contributed by atoms with E-state index in [1.54, 1.807) is 0 Å². The van der Waals surface area contributed by atoms with Crippen molar-refractivity contribution in [2.45, 2.75) is 13.0 Å². The molecular formula is C14H20N2O4. The Hall–Kier alpha value is -1.92. The van der Waals surface area contributed by atoms with Gasteiger partial charge in [-0.25, -0.2) is 0 Å². The van der Waals surface area contributed by atoms with Crippen LogP contribution in [0.25, 0.3) is 0 Å². The summed E-state index contributed by atoms with van der Waals surface area (Å²) in [6.45, 7) is 2.45. The van der Waals surface area contributed by atoms with Gasteiger partial charge in [0.1, 0.15) is 0 Å². The molecule has 0 radical (unpaired) electrons. The molecule has 1 aromatic carbocycles. The van der Waals surface area contributed by atoms with Crippen molar-refractivity contribution in [2.75, 3.05) is 26.4 Å². The molecule has 20 heavy (non-hydrogen) atoms. The van der Waals surface area contributed by atoms with E-state index < -0.39 is 11.8 Å². The molecule has 0 heterocycles. The van der Waals surface area contributed by atoms with Gasteiger partial charge in [-0.05, 0) is 12.5 Å². The van der Waals surface area contributed by atoms with Crippen molar-refractivity contribution in [1.82, 2.24) is 10.6 Å². The Morgan fingerprint density at radius 2 is 1.90 bits per heavy atom. The normalized spacial score (nSPS) is 11.7. The minimum atomic E-state index is -0.694. The maximum absolute atomic E-state index is 11.6. The number of nitrogens with one attached hydrogen (secondary N) is 2. The molecule has 6 nitrogen and oxygen atoms in total. The van der Waals surface area contributed by atoms with E-state index >= 15 is 0 Å². The van der Waals surface area contributed by atoms with E-state index in [2.05, 4.69) is 10.6 Å². The quantitative estimate of drug-likeness (QED) is 0.484. The zero-order valence-electron chi connectivity index (χ0n) is 11.5. The molecule has 1 atom stereocenters. The summed E-state index contributed by atoms with van der Waals surface area (Å²) in [5.41, 5.74) is 0.930. The van der Waals surface area contributed by atoms with Gasteiger partial charge in [0, 0.05) is 6.54 Å². The molecule has 0 aliphatic carbocycles. The number of hydrogen-bond donors (Lipinski definition) is 3. The Labute approximate surface area is 118 Å². The molecule has 6 heteroatoms. The van der Waals surface area contributed by atoms with E-state index in [0.717, 1.165) is 5.56 Å². The minimum Gasteiger partial charge on any atom is -0.394 e. The standard InChI is InChI=1S/C14H20N2O4/c1-11(12-5-3-2-4-6-12)16-14(19)13(18)15-7-9-20-10-8-17/h2-6,11,17H,7-10H2,1H3,(H,15,18)(H,16,19). The number of carbonyl (C=O) groups is 2. The second kappa shape index (κ2) is 9.06. The molecule has 110 valence electrons. The second-order valence-electron chi connectivity index (χ2n) is 4.20. The van der Waals surface area contributed by atoms with Crippen molar-refractivity contribution in [1.29, 1.82) is 0 Å².